The number of aromatic nitrogens is 3. The average Bonchev–Trinajstić information content (AvgIpc) is 2.79. The van der Waals surface area contributed by atoms with Crippen LogP contribution in [0.3, 0.4) is 0 Å². The summed E-state index contributed by atoms with van der Waals surface area (Å²) in [4.78, 5) is 4.38. The minimum absolute atomic E-state index is 0.551. The molecule has 5 heteroatoms. The van der Waals surface area contributed by atoms with Crippen LogP contribution in [-0.4, -0.2) is 21.1 Å². The molecule has 0 amide bonds. The van der Waals surface area contributed by atoms with Crippen LogP contribution in [0.1, 0.15) is 5.56 Å². The van der Waals surface area contributed by atoms with E-state index >= 15 is 0 Å². The Kier molecular flexibility index (Phi) is 3.19. The monoisotopic (exact) mass is 272 g/mol. The van der Waals surface area contributed by atoms with Gasteiger partial charge in [0.05, 0.1) is 10.7 Å². The Morgan fingerprint density at radius 3 is 2.84 bits per heavy atom. The van der Waals surface area contributed by atoms with Crippen LogP contribution in [0.15, 0.2) is 42.7 Å². The molecule has 2 aromatic heterocycles. The van der Waals surface area contributed by atoms with Crippen molar-refractivity contribution in [2.45, 2.75) is 6.42 Å². The van der Waals surface area contributed by atoms with Crippen molar-refractivity contribution >= 4 is 17.2 Å². The number of nitrogens with two attached hydrogens (primary N) is 1. The van der Waals surface area contributed by atoms with Gasteiger partial charge < -0.3 is 5.73 Å². The van der Waals surface area contributed by atoms with E-state index in [0.717, 1.165) is 28.9 Å². The van der Waals surface area contributed by atoms with Gasteiger partial charge in [0, 0.05) is 23.5 Å². The molecule has 0 aliphatic rings. The van der Waals surface area contributed by atoms with Crippen LogP contribution in [0, 0.1) is 0 Å². The summed E-state index contributed by atoms with van der Waals surface area (Å²) in [6, 6.07) is 9.53. The number of benzene rings is 1. The first-order valence-electron chi connectivity index (χ1n) is 6.08. The van der Waals surface area contributed by atoms with Gasteiger partial charge in [0.1, 0.15) is 0 Å². The molecule has 19 heavy (non-hydrogen) atoms. The highest BCUT2D eigenvalue weighted by atomic mass is 35.5. The molecule has 0 saturated heterocycles. The quantitative estimate of drug-likeness (QED) is 0.797. The fraction of sp³-hybridized carbons (Fsp3) is 0.143. The summed E-state index contributed by atoms with van der Waals surface area (Å²) in [7, 11) is 0. The third kappa shape index (κ3) is 2.09. The molecule has 0 aliphatic carbocycles. The van der Waals surface area contributed by atoms with E-state index in [1.54, 1.807) is 10.7 Å². The van der Waals surface area contributed by atoms with E-state index in [-0.39, 0.29) is 0 Å². The lowest BCUT2D eigenvalue weighted by molar-refractivity contribution is 0.941. The normalized spacial score (nSPS) is 11.1. The molecule has 2 N–H and O–H groups in total. The minimum Gasteiger partial charge on any atom is -0.330 e. The third-order valence-corrected chi connectivity index (χ3v) is 3.34. The van der Waals surface area contributed by atoms with Crippen molar-refractivity contribution in [1.29, 1.82) is 0 Å². The van der Waals surface area contributed by atoms with E-state index in [9.17, 15) is 0 Å². The Bertz CT molecular complexity index is 720. The summed E-state index contributed by atoms with van der Waals surface area (Å²) in [5.41, 5.74) is 9.34. The molecule has 0 fully saturated rings. The minimum atomic E-state index is 0.551. The maximum absolute atomic E-state index is 6.26. The lowest BCUT2D eigenvalue weighted by Crippen LogP contribution is -2.04. The van der Waals surface area contributed by atoms with E-state index in [2.05, 4.69) is 10.1 Å². The van der Waals surface area contributed by atoms with Crippen LogP contribution in [0.2, 0.25) is 5.02 Å². The summed E-state index contributed by atoms with van der Waals surface area (Å²) >= 11 is 6.26. The van der Waals surface area contributed by atoms with Crippen molar-refractivity contribution in [3.05, 3.63) is 53.3 Å². The van der Waals surface area contributed by atoms with Gasteiger partial charge in [-0.1, -0.05) is 29.8 Å². The molecule has 3 aromatic rings. The number of hydrogen-bond acceptors (Lipinski definition) is 3. The molecule has 1 aromatic carbocycles. The molecule has 3 rings (SSSR count). The largest absolute Gasteiger partial charge is 0.330 e. The van der Waals surface area contributed by atoms with Gasteiger partial charge in [-0.3, -0.25) is 0 Å². The van der Waals surface area contributed by atoms with Gasteiger partial charge in [0.2, 0.25) is 0 Å². The van der Waals surface area contributed by atoms with Gasteiger partial charge >= 0.3 is 0 Å². The zero-order chi connectivity index (χ0) is 13.2. The topological polar surface area (TPSA) is 56.2 Å². The Morgan fingerprint density at radius 2 is 2.05 bits per heavy atom. The van der Waals surface area contributed by atoms with E-state index in [1.165, 1.54) is 0 Å². The second-order valence-corrected chi connectivity index (χ2v) is 4.64. The summed E-state index contributed by atoms with van der Waals surface area (Å²) in [5.74, 6) is 0. The first-order chi connectivity index (χ1) is 9.31. The van der Waals surface area contributed by atoms with Gasteiger partial charge in [-0.15, -0.1) is 0 Å². The molecule has 0 bridgehead atoms. The molecular weight excluding hydrogens is 260 g/mol. The molecule has 0 unspecified atom stereocenters. The van der Waals surface area contributed by atoms with Gasteiger partial charge in [-0.05, 0) is 25.1 Å². The zero-order valence-electron chi connectivity index (χ0n) is 10.3. The Balaban J connectivity index is 2.28. The molecule has 0 radical (unpaired) electrons. The molecular formula is C14H13ClN4. The summed E-state index contributed by atoms with van der Waals surface area (Å²) < 4.78 is 1.77. The van der Waals surface area contributed by atoms with Gasteiger partial charge in [0.15, 0.2) is 5.65 Å². The maximum Gasteiger partial charge on any atom is 0.158 e. The Morgan fingerprint density at radius 1 is 1.21 bits per heavy atom. The maximum atomic E-state index is 6.26. The van der Waals surface area contributed by atoms with Crippen LogP contribution in [-0.2, 0) is 6.42 Å². The average molecular weight is 273 g/mol. The van der Waals surface area contributed by atoms with Crippen LogP contribution >= 0.6 is 11.6 Å². The van der Waals surface area contributed by atoms with Crippen molar-refractivity contribution in [1.82, 2.24) is 14.6 Å². The van der Waals surface area contributed by atoms with E-state index in [0.29, 0.717) is 11.6 Å². The van der Waals surface area contributed by atoms with Gasteiger partial charge in [-0.25, -0.2) is 9.50 Å². The molecule has 0 spiro atoms. The van der Waals surface area contributed by atoms with Gasteiger partial charge in [0.25, 0.3) is 0 Å². The molecule has 2 heterocycles. The second kappa shape index (κ2) is 4.99. The highest BCUT2D eigenvalue weighted by Crippen LogP contribution is 2.30. The van der Waals surface area contributed by atoms with Crippen molar-refractivity contribution in [3.8, 4) is 11.3 Å². The summed E-state index contributed by atoms with van der Waals surface area (Å²) in [6.07, 6.45) is 4.36. The molecule has 96 valence electrons. The van der Waals surface area contributed by atoms with Crippen molar-refractivity contribution < 1.29 is 0 Å². The Hall–Kier alpha value is -1.91. The van der Waals surface area contributed by atoms with E-state index in [4.69, 9.17) is 17.3 Å². The van der Waals surface area contributed by atoms with Crippen LogP contribution in [0.5, 0.6) is 0 Å². The predicted octanol–water partition coefficient (Wildman–Crippen LogP) is 2.55. The van der Waals surface area contributed by atoms with Crippen LogP contribution < -0.4 is 5.73 Å². The second-order valence-electron chi connectivity index (χ2n) is 4.23. The smallest absolute Gasteiger partial charge is 0.158 e. The van der Waals surface area contributed by atoms with Gasteiger partial charge in [-0.2, -0.15) is 5.10 Å². The number of hydrogen-bond donors (Lipinski definition) is 1. The van der Waals surface area contributed by atoms with E-state index in [1.807, 2.05) is 36.5 Å². The summed E-state index contributed by atoms with van der Waals surface area (Å²) in [6.45, 7) is 0.551. The molecule has 0 saturated carbocycles. The highest BCUT2D eigenvalue weighted by molar-refractivity contribution is 6.33. The SMILES string of the molecule is NCCc1c(-c2ccccc2Cl)nn2cccnc12. The fourth-order valence-electron chi connectivity index (χ4n) is 2.18. The third-order valence-electron chi connectivity index (χ3n) is 3.01. The number of nitrogens with zero attached hydrogens (tertiary/aromatic N) is 3. The molecule has 0 aliphatic heterocycles. The van der Waals surface area contributed by atoms with Crippen molar-refractivity contribution in [2.75, 3.05) is 6.54 Å². The molecule has 4 nitrogen and oxygen atoms in total. The summed E-state index contributed by atoms with van der Waals surface area (Å²) in [5, 5.41) is 5.26. The number of rotatable bonds is 3. The van der Waals surface area contributed by atoms with E-state index < -0.39 is 0 Å². The van der Waals surface area contributed by atoms with Crippen LogP contribution in [0.25, 0.3) is 16.9 Å². The fourth-order valence-corrected chi connectivity index (χ4v) is 2.40. The predicted molar refractivity (Wildman–Crippen MR) is 76.2 cm³/mol. The first-order valence-corrected chi connectivity index (χ1v) is 6.46. The number of fused-ring (bicyclic) bond motifs is 1. The molecule has 0 atom stereocenters. The standard InChI is InChI=1S/C14H13ClN4/c15-12-5-2-1-4-10(12)13-11(6-7-16)14-17-8-3-9-19(14)18-13/h1-5,8-9H,6-7,16H2. The first kappa shape index (κ1) is 12.1. The van der Waals surface area contributed by atoms with Crippen molar-refractivity contribution in [2.24, 2.45) is 5.73 Å². The lowest BCUT2D eigenvalue weighted by atomic mass is 10.1. The van der Waals surface area contributed by atoms with Crippen molar-refractivity contribution in [3.63, 3.8) is 0 Å². The number of halogens is 1. The highest BCUT2D eigenvalue weighted by Gasteiger charge is 2.16. The van der Waals surface area contributed by atoms with Crippen LogP contribution in [0.4, 0.5) is 0 Å². The lowest BCUT2D eigenvalue weighted by Gasteiger charge is -2.03. The zero-order valence-corrected chi connectivity index (χ0v) is 11.0. The Labute approximate surface area is 115 Å².